The Labute approximate surface area is 134 Å². The number of amides is 1. The van der Waals surface area contributed by atoms with Crippen molar-refractivity contribution in [1.29, 1.82) is 0 Å². The number of carbonyl (C=O) groups is 1. The first kappa shape index (κ1) is 15.0. The molecule has 0 saturated carbocycles. The molecule has 2 aromatic rings. The fourth-order valence-corrected chi connectivity index (χ4v) is 3.06. The van der Waals surface area contributed by atoms with E-state index in [1.54, 1.807) is 47.4 Å². The molecule has 1 atom stereocenters. The molecule has 0 bridgehead atoms. The second kappa shape index (κ2) is 5.72. The molecule has 5 heteroatoms. The third-order valence-electron chi connectivity index (χ3n) is 3.97. The van der Waals surface area contributed by atoms with Crippen molar-refractivity contribution in [3.05, 3.63) is 64.7 Å². The number of hydrogen-bond donors (Lipinski definition) is 2. The molecule has 0 aliphatic carbocycles. The van der Waals surface area contributed by atoms with Crippen LogP contribution in [0.25, 0.3) is 0 Å². The molecule has 1 amide bonds. The highest BCUT2D eigenvalue weighted by atomic mass is 35.5. The van der Waals surface area contributed by atoms with Gasteiger partial charge in [0.2, 0.25) is 0 Å². The van der Waals surface area contributed by atoms with Crippen molar-refractivity contribution in [2.24, 2.45) is 5.73 Å². The summed E-state index contributed by atoms with van der Waals surface area (Å²) >= 11 is 6.08. The van der Waals surface area contributed by atoms with E-state index in [4.69, 9.17) is 17.3 Å². The molecule has 0 radical (unpaired) electrons. The van der Waals surface area contributed by atoms with Gasteiger partial charge in [-0.3, -0.25) is 4.79 Å². The maximum atomic E-state index is 12.9. The summed E-state index contributed by atoms with van der Waals surface area (Å²) in [5, 5.41) is 11.7. The molecule has 22 heavy (non-hydrogen) atoms. The molecule has 4 nitrogen and oxygen atoms in total. The van der Waals surface area contributed by atoms with Gasteiger partial charge in [0.15, 0.2) is 5.60 Å². The summed E-state index contributed by atoms with van der Waals surface area (Å²) in [6, 6.07) is 14.1. The monoisotopic (exact) mass is 316 g/mol. The Morgan fingerprint density at radius 1 is 1.18 bits per heavy atom. The zero-order valence-corrected chi connectivity index (χ0v) is 12.8. The zero-order valence-electron chi connectivity index (χ0n) is 12.0. The maximum Gasteiger partial charge on any atom is 0.268 e. The van der Waals surface area contributed by atoms with Crippen LogP contribution in [-0.4, -0.2) is 24.1 Å². The first-order valence-electron chi connectivity index (χ1n) is 7.19. The van der Waals surface area contributed by atoms with Crippen LogP contribution in [-0.2, 0) is 10.4 Å². The number of benzene rings is 2. The van der Waals surface area contributed by atoms with E-state index in [1.807, 2.05) is 6.07 Å². The van der Waals surface area contributed by atoms with Crippen LogP contribution in [0.4, 0.5) is 5.69 Å². The Morgan fingerprint density at radius 2 is 1.91 bits per heavy atom. The fourth-order valence-electron chi connectivity index (χ4n) is 2.88. The number of rotatable bonds is 4. The lowest BCUT2D eigenvalue weighted by molar-refractivity contribution is -0.132. The molecule has 3 rings (SSSR count). The van der Waals surface area contributed by atoms with Crippen molar-refractivity contribution < 1.29 is 9.90 Å². The first-order valence-corrected chi connectivity index (χ1v) is 7.57. The van der Waals surface area contributed by atoms with Gasteiger partial charge in [0, 0.05) is 17.1 Å². The van der Waals surface area contributed by atoms with Crippen molar-refractivity contribution >= 4 is 23.2 Å². The quantitative estimate of drug-likeness (QED) is 0.909. The number of anilines is 1. The molecule has 0 saturated heterocycles. The smallest absolute Gasteiger partial charge is 0.268 e. The van der Waals surface area contributed by atoms with Crippen molar-refractivity contribution in [3.8, 4) is 0 Å². The van der Waals surface area contributed by atoms with E-state index < -0.39 is 5.60 Å². The lowest BCUT2D eigenvalue weighted by atomic mass is 9.87. The van der Waals surface area contributed by atoms with Crippen LogP contribution in [0.1, 0.15) is 17.5 Å². The normalized spacial score (nSPS) is 20.3. The predicted octanol–water partition coefficient (Wildman–Crippen LogP) is 2.27. The number of aliphatic hydroxyl groups is 1. The summed E-state index contributed by atoms with van der Waals surface area (Å²) in [6.45, 7) is 0.954. The molecular formula is C17H17ClN2O2. The molecule has 2 aromatic carbocycles. The van der Waals surface area contributed by atoms with E-state index in [-0.39, 0.29) is 5.91 Å². The highest BCUT2D eigenvalue weighted by Gasteiger charge is 2.50. The van der Waals surface area contributed by atoms with Crippen LogP contribution in [0.5, 0.6) is 0 Å². The fraction of sp³-hybridized carbons (Fsp3) is 0.235. The van der Waals surface area contributed by atoms with Crippen LogP contribution >= 0.6 is 11.6 Å². The first-order chi connectivity index (χ1) is 10.6. The Hall–Kier alpha value is -1.88. The van der Waals surface area contributed by atoms with E-state index in [1.165, 1.54) is 0 Å². The zero-order chi connectivity index (χ0) is 15.7. The maximum absolute atomic E-state index is 12.9. The van der Waals surface area contributed by atoms with Gasteiger partial charge < -0.3 is 15.7 Å². The van der Waals surface area contributed by atoms with E-state index in [0.717, 1.165) is 0 Å². The molecule has 0 spiro atoms. The predicted molar refractivity (Wildman–Crippen MR) is 86.9 cm³/mol. The number of carbonyl (C=O) groups excluding carboxylic acids is 1. The lowest BCUT2D eigenvalue weighted by Gasteiger charge is -2.23. The van der Waals surface area contributed by atoms with Gasteiger partial charge in [0.05, 0.1) is 5.69 Å². The van der Waals surface area contributed by atoms with E-state index >= 15 is 0 Å². The van der Waals surface area contributed by atoms with E-state index in [2.05, 4.69) is 0 Å². The molecule has 1 unspecified atom stereocenters. The SMILES string of the molecule is NCCCN1C(=O)C(O)(c2ccccc2)c2cc(Cl)ccc21. The van der Waals surface area contributed by atoms with Crippen molar-refractivity contribution in [1.82, 2.24) is 0 Å². The van der Waals surface area contributed by atoms with E-state index in [0.29, 0.717) is 41.3 Å². The van der Waals surface area contributed by atoms with Gasteiger partial charge in [-0.15, -0.1) is 0 Å². The molecule has 0 aromatic heterocycles. The number of fused-ring (bicyclic) bond motifs is 1. The molecule has 1 heterocycles. The summed E-state index contributed by atoms with van der Waals surface area (Å²) in [5.41, 5.74) is 5.61. The van der Waals surface area contributed by atoms with Crippen LogP contribution in [0.3, 0.4) is 0 Å². The Bertz CT molecular complexity index is 705. The van der Waals surface area contributed by atoms with Gasteiger partial charge in [-0.2, -0.15) is 0 Å². The van der Waals surface area contributed by atoms with Crippen LogP contribution in [0.15, 0.2) is 48.5 Å². The summed E-state index contributed by atoms with van der Waals surface area (Å²) in [4.78, 5) is 14.5. The molecule has 1 aliphatic heterocycles. The Balaban J connectivity index is 2.16. The summed E-state index contributed by atoms with van der Waals surface area (Å²) in [7, 11) is 0. The molecule has 1 aliphatic rings. The molecule has 114 valence electrons. The van der Waals surface area contributed by atoms with Crippen LogP contribution in [0.2, 0.25) is 5.02 Å². The number of nitrogens with two attached hydrogens (primary N) is 1. The van der Waals surface area contributed by atoms with Gasteiger partial charge in [0.25, 0.3) is 5.91 Å². The minimum Gasteiger partial charge on any atom is -0.372 e. The third-order valence-corrected chi connectivity index (χ3v) is 4.21. The number of nitrogens with zero attached hydrogens (tertiary/aromatic N) is 1. The lowest BCUT2D eigenvalue weighted by Crippen LogP contribution is -2.41. The van der Waals surface area contributed by atoms with Gasteiger partial charge >= 0.3 is 0 Å². The van der Waals surface area contributed by atoms with Crippen LogP contribution in [0, 0.1) is 0 Å². The number of hydrogen-bond acceptors (Lipinski definition) is 3. The van der Waals surface area contributed by atoms with E-state index in [9.17, 15) is 9.90 Å². The van der Waals surface area contributed by atoms with Crippen LogP contribution < -0.4 is 10.6 Å². The number of halogens is 1. The van der Waals surface area contributed by atoms with Crippen molar-refractivity contribution in [2.75, 3.05) is 18.0 Å². The average Bonchev–Trinajstić information content (AvgIpc) is 2.75. The Morgan fingerprint density at radius 3 is 2.59 bits per heavy atom. The minimum atomic E-state index is -1.70. The standard InChI is InChI=1S/C17H17ClN2O2/c18-13-7-8-15-14(11-13)17(22,12-5-2-1-3-6-12)16(21)20(15)10-4-9-19/h1-3,5-8,11,22H,4,9-10,19H2. The van der Waals surface area contributed by atoms with Gasteiger partial charge in [-0.1, -0.05) is 41.9 Å². The largest absolute Gasteiger partial charge is 0.372 e. The van der Waals surface area contributed by atoms with Crippen molar-refractivity contribution in [3.63, 3.8) is 0 Å². The summed E-state index contributed by atoms with van der Waals surface area (Å²) in [5.74, 6) is -0.357. The molecule has 0 fully saturated rings. The van der Waals surface area contributed by atoms with Gasteiger partial charge in [-0.05, 0) is 36.7 Å². The van der Waals surface area contributed by atoms with Gasteiger partial charge in [0.1, 0.15) is 0 Å². The summed E-state index contributed by atoms with van der Waals surface area (Å²) in [6.07, 6.45) is 0.665. The highest BCUT2D eigenvalue weighted by Crippen LogP contribution is 2.45. The second-order valence-corrected chi connectivity index (χ2v) is 5.77. The minimum absolute atomic E-state index is 0.357. The second-order valence-electron chi connectivity index (χ2n) is 5.34. The molecular weight excluding hydrogens is 300 g/mol. The Kier molecular flexibility index (Phi) is 3.91. The van der Waals surface area contributed by atoms with Gasteiger partial charge in [-0.25, -0.2) is 0 Å². The third kappa shape index (κ3) is 2.20. The average molecular weight is 317 g/mol. The highest BCUT2D eigenvalue weighted by molar-refractivity contribution is 6.31. The molecule has 3 N–H and O–H groups in total. The topological polar surface area (TPSA) is 66.6 Å². The summed E-state index contributed by atoms with van der Waals surface area (Å²) < 4.78 is 0. The van der Waals surface area contributed by atoms with Crippen molar-refractivity contribution in [2.45, 2.75) is 12.0 Å².